The van der Waals surface area contributed by atoms with Crippen molar-refractivity contribution in [1.29, 1.82) is 0 Å². The van der Waals surface area contributed by atoms with Crippen LogP contribution in [0.5, 0.6) is 5.75 Å². The predicted octanol–water partition coefficient (Wildman–Crippen LogP) is 3.68. The van der Waals surface area contributed by atoms with Gasteiger partial charge in [0, 0.05) is 6.07 Å². The third-order valence-electron chi connectivity index (χ3n) is 1.87. The SMILES string of the molecule is CCCCOc1[c]cc(C(F)(F)F)cc1. The fourth-order valence-corrected chi connectivity index (χ4v) is 1.00. The van der Waals surface area contributed by atoms with E-state index in [1.54, 1.807) is 0 Å². The molecule has 1 radical (unpaired) electrons. The highest BCUT2D eigenvalue weighted by Gasteiger charge is 2.30. The van der Waals surface area contributed by atoms with Gasteiger partial charge in [0.1, 0.15) is 5.75 Å². The van der Waals surface area contributed by atoms with E-state index in [9.17, 15) is 13.2 Å². The minimum atomic E-state index is -4.31. The standard InChI is InChI=1S/C11H12F3O/c1-2-3-8-15-10-6-4-9(5-7-10)11(12,13)14/h4-6H,2-3,8H2,1H3. The fraction of sp³-hybridized carbons (Fsp3) is 0.455. The maximum Gasteiger partial charge on any atom is 0.416 e. The first kappa shape index (κ1) is 11.9. The summed E-state index contributed by atoms with van der Waals surface area (Å²) in [5.41, 5.74) is -0.703. The van der Waals surface area contributed by atoms with Crippen LogP contribution in [0.1, 0.15) is 25.3 Å². The second-order valence-corrected chi connectivity index (χ2v) is 3.14. The van der Waals surface area contributed by atoms with Gasteiger partial charge in [0.25, 0.3) is 0 Å². The molecule has 0 amide bonds. The number of rotatable bonds is 4. The Bertz CT molecular complexity index is 290. The van der Waals surface area contributed by atoms with E-state index >= 15 is 0 Å². The summed E-state index contributed by atoms with van der Waals surface area (Å²) in [4.78, 5) is 0. The van der Waals surface area contributed by atoms with Gasteiger partial charge in [-0.2, -0.15) is 13.2 Å². The Morgan fingerprint density at radius 3 is 2.53 bits per heavy atom. The molecule has 0 aliphatic carbocycles. The molecular formula is C11H12F3O. The lowest BCUT2D eigenvalue weighted by Crippen LogP contribution is -2.04. The molecule has 0 N–H and O–H groups in total. The molecule has 0 heterocycles. The summed E-state index contributed by atoms with van der Waals surface area (Å²) in [6, 6.07) is 5.65. The molecule has 0 aliphatic heterocycles. The van der Waals surface area contributed by atoms with Gasteiger partial charge in [0.15, 0.2) is 0 Å². The molecule has 0 bridgehead atoms. The van der Waals surface area contributed by atoms with Crippen LogP contribution >= 0.6 is 0 Å². The van der Waals surface area contributed by atoms with Crippen LogP contribution in [-0.4, -0.2) is 6.61 Å². The minimum Gasteiger partial charge on any atom is -0.493 e. The van der Waals surface area contributed by atoms with Crippen LogP contribution in [0, 0.1) is 6.07 Å². The van der Waals surface area contributed by atoms with Crippen LogP contribution in [-0.2, 0) is 6.18 Å². The van der Waals surface area contributed by atoms with Crippen molar-refractivity contribution in [2.24, 2.45) is 0 Å². The summed E-state index contributed by atoms with van der Waals surface area (Å²) in [5.74, 6) is 0.358. The van der Waals surface area contributed by atoms with Crippen molar-refractivity contribution in [3.8, 4) is 5.75 Å². The molecule has 0 fully saturated rings. The maximum atomic E-state index is 12.2. The predicted molar refractivity (Wildman–Crippen MR) is 50.7 cm³/mol. The zero-order valence-corrected chi connectivity index (χ0v) is 8.40. The number of alkyl halides is 3. The monoisotopic (exact) mass is 217 g/mol. The first-order chi connectivity index (χ1) is 7.04. The first-order valence-electron chi connectivity index (χ1n) is 4.75. The normalized spacial score (nSPS) is 11.5. The largest absolute Gasteiger partial charge is 0.493 e. The topological polar surface area (TPSA) is 9.23 Å². The van der Waals surface area contributed by atoms with Crippen LogP contribution in [0.15, 0.2) is 18.2 Å². The molecule has 83 valence electrons. The quantitative estimate of drug-likeness (QED) is 0.699. The molecule has 0 saturated heterocycles. The smallest absolute Gasteiger partial charge is 0.416 e. The maximum absolute atomic E-state index is 12.2. The molecule has 0 saturated carbocycles. The molecule has 0 unspecified atom stereocenters. The Labute approximate surface area is 86.9 Å². The van der Waals surface area contributed by atoms with Crippen molar-refractivity contribution in [3.63, 3.8) is 0 Å². The molecule has 1 nitrogen and oxygen atoms in total. The second kappa shape index (κ2) is 5.05. The molecule has 0 aromatic heterocycles. The van der Waals surface area contributed by atoms with Gasteiger partial charge in [-0.3, -0.25) is 0 Å². The summed E-state index contributed by atoms with van der Waals surface area (Å²) >= 11 is 0. The molecule has 0 aliphatic rings. The van der Waals surface area contributed by atoms with E-state index in [0.29, 0.717) is 12.4 Å². The summed E-state index contributed by atoms with van der Waals surface area (Å²) in [6.07, 6.45) is -2.44. The van der Waals surface area contributed by atoms with Gasteiger partial charge in [-0.05, 0) is 24.6 Å². The fourth-order valence-electron chi connectivity index (χ4n) is 1.00. The molecule has 0 spiro atoms. The molecule has 1 rings (SSSR count). The lowest BCUT2D eigenvalue weighted by molar-refractivity contribution is -0.137. The van der Waals surface area contributed by atoms with E-state index in [4.69, 9.17) is 4.74 Å². The van der Waals surface area contributed by atoms with Crippen LogP contribution in [0.2, 0.25) is 0 Å². The zero-order chi connectivity index (χ0) is 11.3. The molecule has 0 atom stereocenters. The highest BCUT2D eigenvalue weighted by molar-refractivity contribution is 5.27. The van der Waals surface area contributed by atoms with E-state index < -0.39 is 11.7 Å². The van der Waals surface area contributed by atoms with Gasteiger partial charge in [-0.15, -0.1) is 0 Å². The van der Waals surface area contributed by atoms with E-state index in [2.05, 4.69) is 6.07 Å². The molecule has 15 heavy (non-hydrogen) atoms. The second-order valence-electron chi connectivity index (χ2n) is 3.14. The minimum absolute atomic E-state index is 0.358. The van der Waals surface area contributed by atoms with E-state index in [1.165, 1.54) is 6.07 Å². The van der Waals surface area contributed by atoms with Crippen molar-refractivity contribution >= 4 is 0 Å². The number of halogens is 3. The molecular weight excluding hydrogens is 205 g/mol. The van der Waals surface area contributed by atoms with Crippen LogP contribution in [0.4, 0.5) is 13.2 Å². The molecule has 1 aromatic carbocycles. The van der Waals surface area contributed by atoms with Gasteiger partial charge < -0.3 is 4.74 Å². The summed E-state index contributed by atoms with van der Waals surface area (Å²) in [5, 5.41) is 0. The Kier molecular flexibility index (Phi) is 4.00. The molecule has 1 aromatic rings. The Morgan fingerprint density at radius 1 is 1.33 bits per heavy atom. The van der Waals surface area contributed by atoms with E-state index in [1.807, 2.05) is 6.92 Å². The first-order valence-corrected chi connectivity index (χ1v) is 4.75. The number of unbranched alkanes of at least 4 members (excludes halogenated alkanes) is 1. The van der Waals surface area contributed by atoms with Crippen molar-refractivity contribution in [3.05, 3.63) is 29.8 Å². The average molecular weight is 217 g/mol. The van der Waals surface area contributed by atoms with Gasteiger partial charge in [-0.1, -0.05) is 13.3 Å². The lowest BCUT2D eigenvalue weighted by Gasteiger charge is -2.08. The van der Waals surface area contributed by atoms with Crippen molar-refractivity contribution in [2.75, 3.05) is 6.61 Å². The van der Waals surface area contributed by atoms with E-state index in [0.717, 1.165) is 25.0 Å². The van der Waals surface area contributed by atoms with Gasteiger partial charge in [0.2, 0.25) is 0 Å². The van der Waals surface area contributed by atoms with Crippen molar-refractivity contribution in [2.45, 2.75) is 25.9 Å². The van der Waals surface area contributed by atoms with Gasteiger partial charge in [-0.25, -0.2) is 0 Å². The third-order valence-corrected chi connectivity index (χ3v) is 1.87. The summed E-state index contributed by atoms with van der Waals surface area (Å²) in [6.45, 7) is 2.53. The van der Waals surface area contributed by atoms with Crippen LogP contribution < -0.4 is 4.74 Å². The Hall–Kier alpha value is -1.19. The zero-order valence-electron chi connectivity index (χ0n) is 8.40. The average Bonchev–Trinajstić information content (AvgIpc) is 2.18. The highest BCUT2D eigenvalue weighted by Crippen LogP contribution is 2.29. The van der Waals surface area contributed by atoms with Gasteiger partial charge in [0.05, 0.1) is 12.2 Å². The summed E-state index contributed by atoms with van der Waals surface area (Å²) in [7, 11) is 0. The van der Waals surface area contributed by atoms with Crippen LogP contribution in [0.3, 0.4) is 0 Å². The van der Waals surface area contributed by atoms with E-state index in [-0.39, 0.29) is 0 Å². The number of benzene rings is 1. The van der Waals surface area contributed by atoms with Crippen molar-refractivity contribution < 1.29 is 17.9 Å². The number of hydrogen-bond donors (Lipinski definition) is 0. The van der Waals surface area contributed by atoms with Crippen LogP contribution in [0.25, 0.3) is 0 Å². The highest BCUT2D eigenvalue weighted by atomic mass is 19.4. The lowest BCUT2D eigenvalue weighted by atomic mass is 10.2. The third kappa shape index (κ3) is 3.81. The summed E-state index contributed by atoms with van der Waals surface area (Å²) < 4.78 is 41.7. The molecule has 4 heteroatoms. The van der Waals surface area contributed by atoms with Gasteiger partial charge >= 0.3 is 6.18 Å². The van der Waals surface area contributed by atoms with Crippen molar-refractivity contribution in [1.82, 2.24) is 0 Å². The number of hydrogen-bond acceptors (Lipinski definition) is 1. The number of ether oxygens (including phenoxy) is 1. The Morgan fingerprint density at radius 2 is 2.07 bits per heavy atom. The Balaban J connectivity index is 2.57.